The number of oxazole rings is 1. The molecule has 0 bridgehead atoms. The van der Waals surface area contributed by atoms with E-state index in [0.717, 1.165) is 29.1 Å². The molecule has 0 aliphatic carbocycles. The molecule has 2 heterocycles. The Bertz CT molecular complexity index is 926. The fourth-order valence-electron chi connectivity index (χ4n) is 2.91. The zero-order chi connectivity index (χ0) is 19.8. The van der Waals surface area contributed by atoms with Gasteiger partial charge in [-0.1, -0.05) is 0 Å². The Balaban J connectivity index is 1.73. The van der Waals surface area contributed by atoms with Crippen LogP contribution in [0, 0.1) is 13.8 Å². The van der Waals surface area contributed by atoms with Crippen LogP contribution in [-0.4, -0.2) is 26.7 Å². The maximum absolute atomic E-state index is 12.7. The van der Waals surface area contributed by atoms with Crippen LogP contribution in [0.3, 0.4) is 0 Å². The van der Waals surface area contributed by atoms with Crippen LogP contribution < -0.4 is 0 Å². The molecule has 3 aromatic rings. The zero-order valence-corrected chi connectivity index (χ0v) is 15.6. The molecule has 2 aromatic heterocycles. The summed E-state index contributed by atoms with van der Waals surface area (Å²) in [6.07, 6.45) is -2.38. The maximum atomic E-state index is 12.7. The molecule has 0 aliphatic heterocycles. The van der Waals surface area contributed by atoms with Crippen molar-refractivity contribution >= 4 is 0 Å². The Morgan fingerprint density at radius 3 is 2.33 bits per heavy atom. The van der Waals surface area contributed by atoms with Crippen molar-refractivity contribution in [3.8, 4) is 11.5 Å². The molecule has 0 aliphatic rings. The Labute approximate surface area is 155 Å². The molecule has 3 rings (SSSR count). The minimum atomic E-state index is -4.36. The minimum Gasteiger partial charge on any atom is -0.441 e. The summed E-state index contributed by atoms with van der Waals surface area (Å²) < 4.78 is 45.5. The number of rotatable bonds is 5. The smallest absolute Gasteiger partial charge is 0.416 e. The van der Waals surface area contributed by atoms with E-state index in [1.165, 1.54) is 12.1 Å². The van der Waals surface area contributed by atoms with Gasteiger partial charge in [0.15, 0.2) is 0 Å². The first-order valence-corrected chi connectivity index (χ1v) is 8.45. The molecule has 0 amide bonds. The summed E-state index contributed by atoms with van der Waals surface area (Å²) in [6, 6.07) is 4.82. The molecule has 0 spiro atoms. The zero-order valence-electron chi connectivity index (χ0n) is 15.6. The molecule has 0 saturated heterocycles. The third-order valence-corrected chi connectivity index (χ3v) is 4.33. The van der Waals surface area contributed by atoms with Gasteiger partial charge in [0, 0.05) is 37.5 Å². The number of nitrogens with zero attached hydrogens (tertiary/aromatic N) is 4. The molecule has 5 nitrogen and oxygen atoms in total. The Kier molecular flexibility index (Phi) is 5.10. The van der Waals surface area contributed by atoms with Gasteiger partial charge in [-0.05, 0) is 45.2 Å². The van der Waals surface area contributed by atoms with Crippen molar-refractivity contribution in [3.05, 3.63) is 58.7 Å². The van der Waals surface area contributed by atoms with Gasteiger partial charge >= 0.3 is 6.18 Å². The molecule has 0 atom stereocenters. The molecular weight excluding hydrogens is 357 g/mol. The Hall–Kier alpha value is -2.61. The lowest BCUT2D eigenvalue weighted by Crippen LogP contribution is -2.18. The number of aryl methyl sites for hydroxylation is 3. The van der Waals surface area contributed by atoms with E-state index in [1.807, 2.05) is 27.2 Å². The van der Waals surface area contributed by atoms with Gasteiger partial charge in [0.2, 0.25) is 5.89 Å². The van der Waals surface area contributed by atoms with Crippen LogP contribution in [0.1, 0.15) is 28.3 Å². The maximum Gasteiger partial charge on any atom is 0.416 e. The van der Waals surface area contributed by atoms with Crippen molar-refractivity contribution in [2.75, 3.05) is 7.05 Å². The molecule has 8 heteroatoms. The van der Waals surface area contributed by atoms with E-state index >= 15 is 0 Å². The fraction of sp³-hybridized carbons (Fsp3) is 0.368. The van der Waals surface area contributed by atoms with Gasteiger partial charge in [0.05, 0.1) is 17.0 Å². The minimum absolute atomic E-state index is 0.321. The molecule has 0 fully saturated rings. The Morgan fingerprint density at radius 2 is 1.78 bits per heavy atom. The highest BCUT2D eigenvalue weighted by atomic mass is 19.4. The van der Waals surface area contributed by atoms with Crippen LogP contribution in [0.25, 0.3) is 11.5 Å². The predicted octanol–water partition coefficient (Wildman–Crippen LogP) is 4.34. The predicted molar refractivity (Wildman–Crippen MR) is 94.8 cm³/mol. The van der Waals surface area contributed by atoms with Crippen LogP contribution >= 0.6 is 0 Å². The number of benzene rings is 1. The van der Waals surface area contributed by atoms with Crippen molar-refractivity contribution < 1.29 is 17.6 Å². The SMILES string of the molecule is Cc1nn(C)cc1CN(C)Cc1nc(-c2ccc(C(F)(F)F)cc2)oc1C. The first-order chi connectivity index (χ1) is 12.6. The third-order valence-electron chi connectivity index (χ3n) is 4.33. The Morgan fingerprint density at radius 1 is 1.11 bits per heavy atom. The van der Waals surface area contributed by atoms with Gasteiger partial charge in [-0.2, -0.15) is 18.3 Å². The summed E-state index contributed by atoms with van der Waals surface area (Å²) >= 11 is 0. The standard InChI is InChI=1S/C19H21F3N4O/c1-12-15(10-26(4)24-12)9-25(3)11-17-13(2)27-18(23-17)14-5-7-16(8-6-14)19(20,21)22/h5-8,10H,9,11H2,1-4H3. The second kappa shape index (κ2) is 7.19. The summed E-state index contributed by atoms with van der Waals surface area (Å²) in [5, 5.41) is 4.33. The lowest BCUT2D eigenvalue weighted by Gasteiger charge is -2.14. The highest BCUT2D eigenvalue weighted by molar-refractivity contribution is 5.54. The molecule has 1 aromatic carbocycles. The largest absolute Gasteiger partial charge is 0.441 e. The first kappa shape index (κ1) is 19.2. The summed E-state index contributed by atoms with van der Waals surface area (Å²) in [7, 11) is 3.85. The van der Waals surface area contributed by atoms with E-state index in [9.17, 15) is 13.2 Å². The van der Waals surface area contributed by atoms with Crippen LogP contribution in [0.15, 0.2) is 34.9 Å². The second-order valence-corrected chi connectivity index (χ2v) is 6.68. The van der Waals surface area contributed by atoms with E-state index < -0.39 is 11.7 Å². The van der Waals surface area contributed by atoms with E-state index in [-0.39, 0.29) is 0 Å². The molecule has 27 heavy (non-hydrogen) atoms. The van der Waals surface area contributed by atoms with E-state index in [1.54, 1.807) is 11.6 Å². The lowest BCUT2D eigenvalue weighted by molar-refractivity contribution is -0.137. The number of hydrogen-bond acceptors (Lipinski definition) is 4. The van der Waals surface area contributed by atoms with Gasteiger partial charge in [-0.25, -0.2) is 4.98 Å². The normalized spacial score (nSPS) is 12.1. The van der Waals surface area contributed by atoms with Gasteiger partial charge in [0.25, 0.3) is 0 Å². The number of aromatic nitrogens is 3. The molecular formula is C19H21F3N4O. The monoisotopic (exact) mass is 378 g/mol. The average Bonchev–Trinajstić information content (AvgIpc) is 3.09. The average molecular weight is 378 g/mol. The van der Waals surface area contributed by atoms with Gasteiger partial charge in [0.1, 0.15) is 5.76 Å². The number of halogens is 3. The van der Waals surface area contributed by atoms with Crippen molar-refractivity contribution in [1.29, 1.82) is 0 Å². The molecule has 0 N–H and O–H groups in total. The summed E-state index contributed by atoms with van der Waals surface area (Å²) in [4.78, 5) is 6.56. The summed E-state index contributed by atoms with van der Waals surface area (Å²) in [5.74, 6) is 0.974. The third kappa shape index (κ3) is 4.39. The van der Waals surface area contributed by atoms with Gasteiger partial charge in [-0.15, -0.1) is 0 Å². The van der Waals surface area contributed by atoms with Gasteiger partial charge < -0.3 is 4.42 Å². The van der Waals surface area contributed by atoms with E-state index in [4.69, 9.17) is 4.42 Å². The highest BCUT2D eigenvalue weighted by Crippen LogP contribution is 2.31. The topological polar surface area (TPSA) is 47.1 Å². The van der Waals surface area contributed by atoms with Crippen LogP contribution in [-0.2, 0) is 26.3 Å². The van der Waals surface area contributed by atoms with Crippen molar-refractivity contribution in [2.24, 2.45) is 7.05 Å². The van der Waals surface area contributed by atoms with Crippen LogP contribution in [0.4, 0.5) is 13.2 Å². The summed E-state index contributed by atoms with van der Waals surface area (Å²) in [5.41, 5.74) is 2.69. The van der Waals surface area contributed by atoms with Crippen molar-refractivity contribution in [1.82, 2.24) is 19.7 Å². The molecule has 0 saturated carbocycles. The second-order valence-electron chi connectivity index (χ2n) is 6.68. The summed E-state index contributed by atoms with van der Waals surface area (Å²) in [6.45, 7) is 5.04. The van der Waals surface area contributed by atoms with Crippen molar-refractivity contribution in [2.45, 2.75) is 33.1 Å². The van der Waals surface area contributed by atoms with Gasteiger partial charge in [-0.3, -0.25) is 9.58 Å². The molecule has 0 unspecified atom stereocenters. The fourth-order valence-corrected chi connectivity index (χ4v) is 2.91. The molecule has 0 radical (unpaired) electrons. The highest BCUT2D eigenvalue weighted by Gasteiger charge is 2.30. The van der Waals surface area contributed by atoms with E-state index in [0.29, 0.717) is 30.3 Å². The van der Waals surface area contributed by atoms with E-state index in [2.05, 4.69) is 15.0 Å². The van der Waals surface area contributed by atoms with Crippen molar-refractivity contribution in [3.63, 3.8) is 0 Å². The lowest BCUT2D eigenvalue weighted by atomic mass is 10.1. The molecule has 144 valence electrons. The van der Waals surface area contributed by atoms with Crippen LogP contribution in [0.2, 0.25) is 0 Å². The number of hydrogen-bond donors (Lipinski definition) is 0. The quantitative estimate of drug-likeness (QED) is 0.663. The number of alkyl halides is 3. The first-order valence-electron chi connectivity index (χ1n) is 8.45. The van der Waals surface area contributed by atoms with Crippen LogP contribution in [0.5, 0.6) is 0 Å².